The van der Waals surface area contributed by atoms with Gasteiger partial charge in [0.15, 0.2) is 0 Å². The van der Waals surface area contributed by atoms with Crippen molar-refractivity contribution in [1.29, 1.82) is 0 Å². The third-order valence-electron chi connectivity index (χ3n) is 4.89. The molecule has 0 rings (SSSR count). The fraction of sp³-hybridized carbons (Fsp3) is 0.900. The molecule has 0 unspecified atom stereocenters. The van der Waals surface area contributed by atoms with Crippen molar-refractivity contribution in [3.63, 3.8) is 0 Å². The standard InChI is InChI=1S/C20H40N2O4.2BrH.2Na/c1-21(2,17-19(23)24)15-13-11-9-7-5-6-8-10-12-14-16-22(3,4)18-20(25)26;;;;/h5-18H2,1-4H3;2*1H;;/q;;;2*+1/p-2. The van der Waals surface area contributed by atoms with Crippen LogP contribution in [-0.4, -0.2) is 75.3 Å². The fourth-order valence-electron chi connectivity index (χ4n) is 3.35. The minimum atomic E-state index is -0.976. The molecule has 0 aliphatic carbocycles. The van der Waals surface area contributed by atoms with Gasteiger partial charge in [-0.05, 0) is 25.7 Å². The van der Waals surface area contributed by atoms with E-state index in [0.29, 0.717) is 8.97 Å². The number of hydrogen-bond acceptors (Lipinski definition) is 4. The van der Waals surface area contributed by atoms with Crippen LogP contribution in [0.5, 0.6) is 0 Å². The molecular formula is C20H40Br2N2Na2O4. The molecule has 0 amide bonds. The molecule has 0 saturated heterocycles. The summed E-state index contributed by atoms with van der Waals surface area (Å²) < 4.78 is 1.00. The van der Waals surface area contributed by atoms with Gasteiger partial charge in [-0.1, -0.05) is 38.5 Å². The molecule has 0 aromatic heterocycles. The first-order valence-electron chi connectivity index (χ1n) is 10.1. The Morgan fingerprint density at radius 2 is 0.733 bits per heavy atom. The molecule has 10 heteroatoms. The first-order valence-corrected chi connectivity index (χ1v) is 10.1. The molecule has 0 bridgehead atoms. The van der Waals surface area contributed by atoms with Gasteiger partial charge in [0.05, 0.1) is 53.2 Å². The number of likely N-dealkylation sites (N-methyl/N-ethyl adjacent to an activating group) is 2. The van der Waals surface area contributed by atoms with Gasteiger partial charge in [-0.3, -0.25) is 0 Å². The molecule has 0 aliphatic rings. The van der Waals surface area contributed by atoms with Crippen LogP contribution in [-0.2, 0) is 9.59 Å². The van der Waals surface area contributed by atoms with Crippen molar-refractivity contribution in [2.24, 2.45) is 0 Å². The number of unbranched alkanes of at least 4 members (excludes halogenated alkanes) is 9. The number of carboxylic acids is 2. The number of quaternary nitrogens is 2. The summed E-state index contributed by atoms with van der Waals surface area (Å²) in [6.07, 6.45) is 12.0. The van der Waals surface area contributed by atoms with Gasteiger partial charge in [-0.15, -0.1) is 0 Å². The van der Waals surface area contributed by atoms with Crippen molar-refractivity contribution in [2.45, 2.75) is 64.2 Å². The summed E-state index contributed by atoms with van der Waals surface area (Å²) in [7, 11) is 7.76. The number of nitrogens with zero attached hydrogens (tertiary/aromatic N) is 2. The van der Waals surface area contributed by atoms with Crippen molar-refractivity contribution in [1.82, 2.24) is 0 Å². The molecular weight excluding hydrogens is 538 g/mol. The molecule has 0 atom stereocenters. The Bertz CT molecular complexity index is 392. The third-order valence-corrected chi connectivity index (χ3v) is 4.89. The van der Waals surface area contributed by atoms with Crippen molar-refractivity contribution in [3.05, 3.63) is 0 Å². The molecule has 0 radical (unpaired) electrons. The summed E-state index contributed by atoms with van der Waals surface area (Å²) in [6.45, 7) is 1.95. The Morgan fingerprint density at radius 3 is 0.933 bits per heavy atom. The summed E-state index contributed by atoms with van der Waals surface area (Å²) in [6, 6.07) is 0. The zero-order valence-corrected chi connectivity index (χ0v) is 27.4. The van der Waals surface area contributed by atoms with Crippen molar-refractivity contribution in [2.75, 3.05) is 54.4 Å². The molecule has 0 fully saturated rings. The molecule has 0 heterocycles. The quantitative estimate of drug-likeness (QED) is 0.0977. The van der Waals surface area contributed by atoms with E-state index in [1.165, 1.54) is 51.4 Å². The smallest absolute Gasteiger partial charge is 1.00 e. The van der Waals surface area contributed by atoms with E-state index in [4.69, 9.17) is 0 Å². The Labute approximate surface area is 249 Å². The molecule has 0 aromatic rings. The van der Waals surface area contributed by atoms with Crippen molar-refractivity contribution in [3.8, 4) is 0 Å². The van der Waals surface area contributed by atoms with Crippen molar-refractivity contribution >= 4 is 11.9 Å². The molecule has 0 N–H and O–H groups in total. The number of carbonyl (C=O) groups excluding carboxylic acids is 2. The zero-order valence-electron chi connectivity index (χ0n) is 20.2. The van der Waals surface area contributed by atoms with E-state index < -0.39 is 11.9 Å². The summed E-state index contributed by atoms with van der Waals surface area (Å²) in [5, 5.41) is 21.3. The Hall–Kier alpha value is 1.82. The van der Waals surface area contributed by atoms with Crippen LogP contribution in [0.4, 0.5) is 0 Å². The molecule has 30 heavy (non-hydrogen) atoms. The van der Waals surface area contributed by atoms with E-state index in [2.05, 4.69) is 0 Å². The minimum absolute atomic E-state index is 0. The van der Waals surface area contributed by atoms with Crippen LogP contribution in [0.15, 0.2) is 0 Å². The predicted molar refractivity (Wildman–Crippen MR) is 99.9 cm³/mol. The second kappa shape index (κ2) is 24.0. The molecule has 0 aliphatic heterocycles. The van der Waals surface area contributed by atoms with Crippen LogP contribution in [0.2, 0.25) is 0 Å². The van der Waals surface area contributed by atoms with Gasteiger partial charge in [-0.25, -0.2) is 0 Å². The minimum Gasteiger partial charge on any atom is -1.00 e. The summed E-state index contributed by atoms with van der Waals surface area (Å²) in [5.41, 5.74) is 0. The maximum atomic E-state index is 10.7. The van der Waals surface area contributed by atoms with E-state index in [-0.39, 0.29) is 106 Å². The van der Waals surface area contributed by atoms with E-state index in [0.717, 1.165) is 25.9 Å². The first-order chi connectivity index (χ1) is 12.0. The average molecular weight is 578 g/mol. The van der Waals surface area contributed by atoms with Crippen LogP contribution in [0.25, 0.3) is 0 Å². The average Bonchev–Trinajstić information content (AvgIpc) is 2.45. The van der Waals surface area contributed by atoms with Gasteiger partial charge in [0.2, 0.25) is 0 Å². The van der Waals surface area contributed by atoms with E-state index in [1.54, 1.807) is 0 Å². The van der Waals surface area contributed by atoms with E-state index >= 15 is 0 Å². The fourth-order valence-corrected chi connectivity index (χ4v) is 3.35. The second-order valence-electron chi connectivity index (χ2n) is 8.91. The van der Waals surface area contributed by atoms with Gasteiger partial charge >= 0.3 is 59.1 Å². The molecule has 170 valence electrons. The summed E-state index contributed by atoms with van der Waals surface area (Å²) in [4.78, 5) is 21.3. The van der Waals surface area contributed by atoms with Crippen LogP contribution < -0.4 is 103 Å². The summed E-state index contributed by atoms with van der Waals surface area (Å²) in [5.74, 6) is -1.95. The van der Waals surface area contributed by atoms with Gasteiger partial charge in [0, 0.05) is 0 Å². The molecule has 6 nitrogen and oxygen atoms in total. The van der Waals surface area contributed by atoms with Crippen molar-refractivity contribution < 1.29 is 122 Å². The van der Waals surface area contributed by atoms with Gasteiger partial charge in [0.1, 0.15) is 13.1 Å². The van der Waals surface area contributed by atoms with Gasteiger partial charge in [0.25, 0.3) is 0 Å². The van der Waals surface area contributed by atoms with E-state index in [9.17, 15) is 19.8 Å². The van der Waals surface area contributed by atoms with E-state index in [1.807, 2.05) is 28.2 Å². The monoisotopic (exact) mass is 576 g/mol. The van der Waals surface area contributed by atoms with Crippen LogP contribution in [0.1, 0.15) is 64.2 Å². The predicted octanol–water partition coefficient (Wildman–Crippen LogP) is -11.4. The molecule has 0 aromatic carbocycles. The molecule has 0 saturated carbocycles. The zero-order chi connectivity index (χ0) is 20.1. The molecule has 0 spiro atoms. The maximum Gasteiger partial charge on any atom is 1.00 e. The number of carboxylic acid groups (broad SMARTS) is 2. The third kappa shape index (κ3) is 29.8. The van der Waals surface area contributed by atoms with Gasteiger partial charge < -0.3 is 62.7 Å². The SMILES string of the molecule is C[N+](C)(CCCCCCCCCCCC[N+](C)(C)CC(=O)[O-])CC(=O)[O-].[Br-].[Br-].[Na+].[Na+]. The largest absolute Gasteiger partial charge is 1.00 e. The van der Waals surface area contributed by atoms with Crippen LogP contribution >= 0.6 is 0 Å². The number of halogens is 2. The Morgan fingerprint density at radius 1 is 0.533 bits per heavy atom. The Kier molecular flexibility index (Phi) is 33.6. The Balaban J connectivity index is -0.000000521. The number of hydrogen-bond donors (Lipinski definition) is 0. The maximum absolute atomic E-state index is 10.7. The number of rotatable bonds is 17. The number of carbonyl (C=O) groups is 2. The van der Waals surface area contributed by atoms with Crippen LogP contribution in [0.3, 0.4) is 0 Å². The number of aliphatic carboxylic acids is 2. The van der Waals surface area contributed by atoms with Gasteiger partial charge in [-0.2, -0.15) is 0 Å². The first kappa shape index (κ1) is 42.0. The van der Waals surface area contributed by atoms with Crippen LogP contribution in [0, 0.1) is 0 Å². The second-order valence-corrected chi connectivity index (χ2v) is 8.91. The summed E-state index contributed by atoms with van der Waals surface area (Å²) >= 11 is 0. The normalized spacial score (nSPS) is 10.7. The topological polar surface area (TPSA) is 80.3 Å².